The van der Waals surface area contributed by atoms with Crippen LogP contribution in [0, 0.1) is 29.2 Å². The first kappa shape index (κ1) is 21.5. The molecule has 0 saturated heterocycles. The molecule has 0 saturated carbocycles. The lowest BCUT2D eigenvalue weighted by Crippen LogP contribution is -1.97. The molecule has 0 aliphatic rings. The Morgan fingerprint density at radius 1 is 0.526 bits per heavy atom. The highest BCUT2D eigenvalue weighted by molar-refractivity contribution is 6.12. The van der Waals surface area contributed by atoms with Gasteiger partial charge in [0.1, 0.15) is 0 Å². The molecule has 0 fully saturated rings. The van der Waals surface area contributed by atoms with E-state index in [2.05, 4.69) is 56.4 Å². The summed E-state index contributed by atoms with van der Waals surface area (Å²) in [6, 6.07) is 38.2. The maximum Gasteiger partial charge on any atom is 0.188 e. The van der Waals surface area contributed by atoms with Gasteiger partial charge in [0.2, 0.25) is 0 Å². The molecule has 0 radical (unpaired) electrons. The molecule has 2 heterocycles. The largest absolute Gasteiger partial charge is 0.309 e. The summed E-state index contributed by atoms with van der Waals surface area (Å²) in [7, 11) is 0. The summed E-state index contributed by atoms with van der Waals surface area (Å²) in [5, 5.41) is 23.0. The first-order chi connectivity index (χ1) is 18.7. The molecule has 2 aromatic heterocycles. The average Bonchev–Trinajstić information content (AvgIpc) is 3.48. The summed E-state index contributed by atoms with van der Waals surface area (Å²) in [6.45, 7) is 7.52. The molecule has 0 aliphatic heterocycles. The van der Waals surface area contributed by atoms with Crippen molar-refractivity contribution < 1.29 is 0 Å². The molecule has 0 N–H and O–H groups in total. The van der Waals surface area contributed by atoms with Gasteiger partial charge in [-0.15, -0.1) is 0 Å². The summed E-state index contributed by atoms with van der Waals surface area (Å²) < 4.78 is 4.42. The molecule has 0 atom stereocenters. The molecule has 0 spiro atoms. The number of hydrogen-bond acceptors (Lipinski definition) is 2. The van der Waals surface area contributed by atoms with Crippen LogP contribution in [0.15, 0.2) is 103 Å². The molecule has 0 bridgehead atoms. The minimum absolute atomic E-state index is 0.594. The lowest BCUT2D eigenvalue weighted by Gasteiger charge is -2.11. The van der Waals surface area contributed by atoms with E-state index >= 15 is 0 Å². The second kappa shape index (κ2) is 8.10. The maximum absolute atomic E-state index is 9.49. The van der Waals surface area contributed by atoms with Gasteiger partial charge in [0.25, 0.3) is 0 Å². The normalized spacial score (nSPS) is 11.1. The summed E-state index contributed by atoms with van der Waals surface area (Å²) in [5.74, 6) is 0. The third-order valence-corrected chi connectivity index (χ3v) is 7.18. The van der Waals surface area contributed by atoms with E-state index in [0.29, 0.717) is 16.8 Å². The van der Waals surface area contributed by atoms with Crippen LogP contribution in [0.2, 0.25) is 0 Å². The maximum atomic E-state index is 9.49. The fourth-order valence-electron chi connectivity index (χ4n) is 5.49. The number of fused-ring (bicyclic) bond motifs is 6. The van der Waals surface area contributed by atoms with Crippen molar-refractivity contribution in [3.05, 3.63) is 126 Å². The molecule has 174 valence electrons. The standard InChI is InChI=1S/C33H17N5/c1-36-23-9-15-32-29(17-23)27-13-12-25(18-33(27)37(32)24-10-6-21(19-34)7-11-24)38-30-5-3-2-4-26(30)28-16-22(20-35)8-14-31(28)38/h2-18H. The van der Waals surface area contributed by atoms with Crippen molar-refractivity contribution in [3.8, 4) is 23.5 Å². The van der Waals surface area contributed by atoms with Gasteiger partial charge in [-0.05, 0) is 78.2 Å². The van der Waals surface area contributed by atoms with Crippen molar-refractivity contribution >= 4 is 49.3 Å². The number of rotatable bonds is 2. The number of hydrogen-bond donors (Lipinski definition) is 0. The predicted octanol–water partition coefficient (Wildman–Crippen LogP) is 8.17. The van der Waals surface area contributed by atoms with E-state index in [4.69, 9.17) is 6.57 Å². The molecule has 7 rings (SSSR count). The van der Waals surface area contributed by atoms with Crippen molar-refractivity contribution in [2.24, 2.45) is 0 Å². The quantitative estimate of drug-likeness (QED) is 0.233. The van der Waals surface area contributed by atoms with Gasteiger partial charge in [-0.1, -0.05) is 30.3 Å². The monoisotopic (exact) mass is 483 g/mol. The van der Waals surface area contributed by atoms with Gasteiger partial charge in [0, 0.05) is 27.5 Å². The first-order valence-electron chi connectivity index (χ1n) is 12.1. The van der Waals surface area contributed by atoms with Crippen molar-refractivity contribution in [2.45, 2.75) is 0 Å². The van der Waals surface area contributed by atoms with E-state index in [1.165, 1.54) is 0 Å². The Morgan fingerprint density at radius 2 is 1.13 bits per heavy atom. The highest BCUT2D eigenvalue weighted by atomic mass is 15.0. The van der Waals surface area contributed by atoms with Crippen LogP contribution in [0.25, 0.3) is 59.8 Å². The zero-order chi connectivity index (χ0) is 25.8. The molecule has 7 aromatic rings. The Bertz CT molecular complexity index is 2210. The van der Waals surface area contributed by atoms with E-state index in [1.807, 2.05) is 72.8 Å². The Hall–Kier alpha value is -5.83. The Balaban J connectivity index is 1.58. The number of nitriles is 2. The van der Waals surface area contributed by atoms with Gasteiger partial charge >= 0.3 is 0 Å². The van der Waals surface area contributed by atoms with E-state index in [0.717, 1.165) is 55.0 Å². The second-order valence-electron chi connectivity index (χ2n) is 9.21. The lowest BCUT2D eigenvalue weighted by molar-refractivity contribution is 1.15. The topological polar surface area (TPSA) is 61.8 Å². The summed E-state index contributed by atoms with van der Waals surface area (Å²) in [4.78, 5) is 3.65. The Labute approximate surface area is 218 Å². The van der Waals surface area contributed by atoms with E-state index < -0.39 is 0 Å². The number of benzene rings is 5. The van der Waals surface area contributed by atoms with Crippen molar-refractivity contribution in [1.82, 2.24) is 9.13 Å². The van der Waals surface area contributed by atoms with Crippen LogP contribution in [0.5, 0.6) is 0 Å². The van der Waals surface area contributed by atoms with Crippen molar-refractivity contribution in [3.63, 3.8) is 0 Å². The average molecular weight is 484 g/mol. The highest BCUT2D eigenvalue weighted by Crippen LogP contribution is 2.38. The third-order valence-electron chi connectivity index (χ3n) is 7.18. The molecule has 5 heteroatoms. The minimum Gasteiger partial charge on any atom is -0.309 e. The number of aromatic nitrogens is 2. The van der Waals surface area contributed by atoms with Gasteiger partial charge in [-0.2, -0.15) is 10.5 Å². The van der Waals surface area contributed by atoms with Gasteiger partial charge < -0.3 is 9.13 Å². The van der Waals surface area contributed by atoms with E-state index in [1.54, 1.807) is 0 Å². The van der Waals surface area contributed by atoms with Crippen LogP contribution in [0.3, 0.4) is 0 Å². The molecule has 5 nitrogen and oxygen atoms in total. The smallest absolute Gasteiger partial charge is 0.188 e. The van der Waals surface area contributed by atoms with E-state index in [9.17, 15) is 10.5 Å². The Morgan fingerprint density at radius 3 is 1.89 bits per heavy atom. The van der Waals surface area contributed by atoms with Gasteiger partial charge in [0.05, 0.1) is 51.9 Å². The molecule has 38 heavy (non-hydrogen) atoms. The van der Waals surface area contributed by atoms with Crippen LogP contribution in [-0.2, 0) is 0 Å². The van der Waals surface area contributed by atoms with Crippen molar-refractivity contribution in [1.29, 1.82) is 10.5 Å². The first-order valence-corrected chi connectivity index (χ1v) is 12.1. The van der Waals surface area contributed by atoms with Crippen LogP contribution >= 0.6 is 0 Å². The fourth-order valence-corrected chi connectivity index (χ4v) is 5.49. The summed E-state index contributed by atoms with van der Waals surface area (Å²) in [5.41, 5.74) is 7.86. The number of nitrogens with zero attached hydrogens (tertiary/aromatic N) is 5. The van der Waals surface area contributed by atoms with Gasteiger partial charge in [-0.3, -0.25) is 0 Å². The van der Waals surface area contributed by atoms with Gasteiger partial charge in [-0.25, -0.2) is 4.85 Å². The number of para-hydroxylation sites is 1. The molecular formula is C33H17N5. The van der Waals surface area contributed by atoms with Crippen LogP contribution in [0.4, 0.5) is 5.69 Å². The highest BCUT2D eigenvalue weighted by Gasteiger charge is 2.17. The Kier molecular flexibility index (Phi) is 4.57. The zero-order valence-corrected chi connectivity index (χ0v) is 20.1. The third kappa shape index (κ3) is 3.02. The molecule has 0 amide bonds. The van der Waals surface area contributed by atoms with Crippen LogP contribution in [0.1, 0.15) is 11.1 Å². The molecular weight excluding hydrogens is 466 g/mol. The minimum atomic E-state index is 0.594. The van der Waals surface area contributed by atoms with Crippen LogP contribution < -0.4 is 0 Å². The molecule has 0 unspecified atom stereocenters. The van der Waals surface area contributed by atoms with Crippen molar-refractivity contribution in [2.75, 3.05) is 0 Å². The lowest BCUT2D eigenvalue weighted by atomic mass is 10.1. The fraction of sp³-hybridized carbons (Fsp3) is 0. The predicted molar refractivity (Wildman–Crippen MR) is 151 cm³/mol. The summed E-state index contributed by atoms with van der Waals surface area (Å²) >= 11 is 0. The zero-order valence-electron chi connectivity index (χ0n) is 20.1. The van der Waals surface area contributed by atoms with E-state index in [-0.39, 0.29) is 0 Å². The summed E-state index contributed by atoms with van der Waals surface area (Å²) in [6.07, 6.45) is 0. The molecule has 5 aromatic carbocycles. The van der Waals surface area contributed by atoms with Gasteiger partial charge in [0.15, 0.2) is 5.69 Å². The van der Waals surface area contributed by atoms with Crippen LogP contribution in [-0.4, -0.2) is 9.13 Å². The SMILES string of the molecule is [C-]#[N+]c1ccc2c(c1)c1ccc(-n3c4ccccc4c4cc(C#N)ccc43)cc1n2-c1ccc(C#N)cc1. The molecule has 0 aliphatic carbocycles. The second-order valence-corrected chi connectivity index (χ2v) is 9.21.